The molecule has 2 rings (SSSR count). The lowest BCUT2D eigenvalue weighted by molar-refractivity contribution is -0.137. The highest BCUT2D eigenvalue weighted by molar-refractivity contribution is 7.78. The van der Waals surface area contributed by atoms with Crippen molar-refractivity contribution in [3.63, 3.8) is 0 Å². The smallest absolute Gasteiger partial charge is 0.330 e. The largest absolute Gasteiger partial charge is 0.494 e. The van der Waals surface area contributed by atoms with Crippen LogP contribution in [-0.4, -0.2) is 24.3 Å². The first-order chi connectivity index (χ1) is 13.2. The van der Waals surface area contributed by atoms with Crippen LogP contribution in [-0.2, 0) is 9.53 Å². The van der Waals surface area contributed by atoms with Crippen LogP contribution >= 0.6 is 12.2 Å². The Kier molecular flexibility index (Phi) is 8.98. The Morgan fingerprint density at radius 2 is 1.56 bits per heavy atom. The Hall–Kier alpha value is -2.75. The van der Waals surface area contributed by atoms with Gasteiger partial charge in [0.05, 0.1) is 24.1 Å². The standard InChI is InChI=1S/C22H23NO3S/c1-2-22(24)26-16-6-4-3-5-15-25-21-13-9-19(10-14-21)18-7-11-20(12-8-18)23-17-27/h2,7-14H,1,3-6,15-16H2. The number of isothiocyanates is 1. The molecule has 0 spiro atoms. The molecular weight excluding hydrogens is 358 g/mol. The van der Waals surface area contributed by atoms with E-state index < -0.39 is 0 Å². The minimum atomic E-state index is -0.360. The Bertz CT molecular complexity index is 778. The highest BCUT2D eigenvalue weighted by Crippen LogP contribution is 2.24. The summed E-state index contributed by atoms with van der Waals surface area (Å²) in [6, 6.07) is 15.9. The molecule has 0 saturated carbocycles. The normalized spacial score (nSPS) is 9.93. The number of hydrogen-bond acceptors (Lipinski definition) is 5. The van der Waals surface area contributed by atoms with Gasteiger partial charge in [0.25, 0.3) is 0 Å². The van der Waals surface area contributed by atoms with E-state index in [0.717, 1.165) is 48.2 Å². The van der Waals surface area contributed by atoms with E-state index in [1.54, 1.807) is 0 Å². The van der Waals surface area contributed by atoms with E-state index in [-0.39, 0.29) is 5.97 Å². The summed E-state index contributed by atoms with van der Waals surface area (Å²) in [7, 11) is 0. The van der Waals surface area contributed by atoms with Crippen LogP contribution < -0.4 is 4.74 Å². The molecule has 0 saturated heterocycles. The third kappa shape index (κ3) is 7.57. The molecule has 0 aliphatic heterocycles. The van der Waals surface area contributed by atoms with Crippen LogP contribution in [0.15, 0.2) is 66.2 Å². The van der Waals surface area contributed by atoms with E-state index in [9.17, 15) is 4.79 Å². The van der Waals surface area contributed by atoms with Crippen molar-refractivity contribution < 1.29 is 14.3 Å². The van der Waals surface area contributed by atoms with Gasteiger partial charge in [-0.05, 0) is 73.3 Å². The topological polar surface area (TPSA) is 47.9 Å². The summed E-state index contributed by atoms with van der Waals surface area (Å²) in [5, 5.41) is 2.36. The van der Waals surface area contributed by atoms with Crippen LogP contribution in [0.1, 0.15) is 25.7 Å². The monoisotopic (exact) mass is 381 g/mol. The number of aliphatic imine (C=N–C) groups is 1. The molecule has 0 radical (unpaired) electrons. The van der Waals surface area contributed by atoms with Gasteiger partial charge in [-0.25, -0.2) is 4.79 Å². The number of esters is 1. The van der Waals surface area contributed by atoms with E-state index >= 15 is 0 Å². The van der Waals surface area contributed by atoms with Crippen LogP contribution in [0.5, 0.6) is 5.75 Å². The van der Waals surface area contributed by atoms with E-state index in [0.29, 0.717) is 13.2 Å². The molecule has 0 heterocycles. The molecule has 2 aromatic carbocycles. The second-order valence-electron chi connectivity index (χ2n) is 5.91. The zero-order valence-electron chi connectivity index (χ0n) is 15.2. The lowest BCUT2D eigenvalue weighted by Crippen LogP contribution is -2.02. The minimum absolute atomic E-state index is 0.360. The second kappa shape index (κ2) is 11.8. The van der Waals surface area contributed by atoms with Crippen LogP contribution in [0.2, 0.25) is 0 Å². The van der Waals surface area contributed by atoms with Gasteiger partial charge < -0.3 is 9.47 Å². The van der Waals surface area contributed by atoms with Gasteiger partial charge in [0.2, 0.25) is 0 Å². The molecule has 0 unspecified atom stereocenters. The van der Waals surface area contributed by atoms with Crippen molar-refractivity contribution >= 4 is 29.0 Å². The molecule has 4 nitrogen and oxygen atoms in total. The molecule has 0 aromatic heterocycles. The number of carbonyl (C=O) groups excluding carboxylic acids is 1. The molecule has 0 bridgehead atoms. The molecule has 0 amide bonds. The van der Waals surface area contributed by atoms with Crippen molar-refractivity contribution in [2.45, 2.75) is 25.7 Å². The van der Waals surface area contributed by atoms with Crippen molar-refractivity contribution in [1.29, 1.82) is 0 Å². The van der Waals surface area contributed by atoms with Gasteiger partial charge >= 0.3 is 5.97 Å². The number of nitrogens with zero attached hydrogens (tertiary/aromatic N) is 1. The Morgan fingerprint density at radius 1 is 0.963 bits per heavy atom. The molecule has 0 atom stereocenters. The molecule has 2 aromatic rings. The van der Waals surface area contributed by atoms with Crippen molar-refractivity contribution in [3.8, 4) is 16.9 Å². The van der Waals surface area contributed by atoms with E-state index in [4.69, 9.17) is 9.47 Å². The maximum atomic E-state index is 10.9. The van der Waals surface area contributed by atoms with Crippen molar-refractivity contribution in [2.24, 2.45) is 4.99 Å². The number of benzene rings is 2. The Morgan fingerprint density at radius 3 is 2.15 bits per heavy atom. The van der Waals surface area contributed by atoms with E-state index in [1.807, 2.05) is 48.5 Å². The predicted octanol–water partition coefficient (Wildman–Crippen LogP) is 5.76. The summed E-state index contributed by atoms with van der Waals surface area (Å²) in [5.74, 6) is 0.502. The third-order valence-corrected chi connectivity index (χ3v) is 4.04. The van der Waals surface area contributed by atoms with Gasteiger partial charge in [-0.15, -0.1) is 0 Å². The average molecular weight is 381 g/mol. The average Bonchev–Trinajstić information content (AvgIpc) is 2.71. The van der Waals surface area contributed by atoms with E-state index in [1.165, 1.54) is 6.08 Å². The van der Waals surface area contributed by atoms with E-state index in [2.05, 4.69) is 29.0 Å². The lowest BCUT2D eigenvalue weighted by atomic mass is 10.1. The van der Waals surface area contributed by atoms with Gasteiger partial charge in [-0.2, -0.15) is 4.99 Å². The SMILES string of the molecule is C=CC(=O)OCCCCCCOc1ccc(-c2ccc(N=C=S)cc2)cc1. The maximum Gasteiger partial charge on any atom is 0.330 e. The minimum Gasteiger partial charge on any atom is -0.494 e. The fourth-order valence-corrected chi connectivity index (χ4v) is 2.61. The van der Waals surface area contributed by atoms with Gasteiger partial charge in [0, 0.05) is 6.08 Å². The lowest BCUT2D eigenvalue weighted by Gasteiger charge is -2.08. The van der Waals surface area contributed by atoms with Crippen LogP contribution in [0, 0.1) is 0 Å². The molecular formula is C22H23NO3S. The number of rotatable bonds is 11. The summed E-state index contributed by atoms with van der Waals surface area (Å²) in [5.41, 5.74) is 3.03. The summed E-state index contributed by atoms with van der Waals surface area (Å²) < 4.78 is 10.7. The first-order valence-corrected chi connectivity index (χ1v) is 9.34. The molecule has 27 heavy (non-hydrogen) atoms. The third-order valence-electron chi connectivity index (χ3n) is 3.95. The zero-order valence-corrected chi connectivity index (χ0v) is 16.0. The maximum absolute atomic E-state index is 10.9. The number of hydrogen-bond donors (Lipinski definition) is 0. The number of unbranched alkanes of at least 4 members (excludes halogenated alkanes) is 3. The van der Waals surface area contributed by atoms with Gasteiger partial charge in [-0.3, -0.25) is 0 Å². The first-order valence-electron chi connectivity index (χ1n) is 8.93. The number of carbonyl (C=O) groups is 1. The summed E-state index contributed by atoms with van der Waals surface area (Å²) >= 11 is 4.61. The molecule has 0 fully saturated rings. The molecule has 140 valence electrons. The zero-order chi connectivity index (χ0) is 19.3. The summed E-state index contributed by atoms with van der Waals surface area (Å²) in [4.78, 5) is 14.8. The molecule has 0 aliphatic carbocycles. The summed E-state index contributed by atoms with van der Waals surface area (Å²) in [6.45, 7) is 4.49. The number of ether oxygens (including phenoxy) is 2. The first kappa shape index (κ1) is 20.6. The fourth-order valence-electron chi connectivity index (χ4n) is 2.50. The molecule has 0 N–H and O–H groups in total. The highest BCUT2D eigenvalue weighted by Gasteiger charge is 2.00. The summed E-state index contributed by atoms with van der Waals surface area (Å²) in [6.07, 6.45) is 5.07. The van der Waals surface area contributed by atoms with Crippen molar-refractivity contribution in [1.82, 2.24) is 0 Å². The Balaban J connectivity index is 1.67. The van der Waals surface area contributed by atoms with Crippen LogP contribution in [0.25, 0.3) is 11.1 Å². The highest BCUT2D eigenvalue weighted by atomic mass is 32.1. The quantitative estimate of drug-likeness (QED) is 0.163. The van der Waals surface area contributed by atoms with Gasteiger partial charge in [0.1, 0.15) is 5.75 Å². The second-order valence-corrected chi connectivity index (χ2v) is 6.09. The predicted molar refractivity (Wildman–Crippen MR) is 112 cm³/mol. The van der Waals surface area contributed by atoms with Crippen LogP contribution in [0.4, 0.5) is 5.69 Å². The number of thiocarbonyl (C=S) groups is 1. The van der Waals surface area contributed by atoms with Crippen molar-refractivity contribution in [3.05, 3.63) is 61.2 Å². The van der Waals surface area contributed by atoms with Gasteiger partial charge in [-0.1, -0.05) is 30.8 Å². The van der Waals surface area contributed by atoms with Gasteiger partial charge in [0.15, 0.2) is 0 Å². The fraction of sp³-hybridized carbons (Fsp3) is 0.273. The van der Waals surface area contributed by atoms with Crippen molar-refractivity contribution in [2.75, 3.05) is 13.2 Å². The molecule has 5 heteroatoms. The van der Waals surface area contributed by atoms with Crippen LogP contribution in [0.3, 0.4) is 0 Å². The Labute approximate surface area is 165 Å². The molecule has 0 aliphatic rings.